The molecule has 1 aromatic heterocycles. The van der Waals surface area contributed by atoms with Crippen LogP contribution in [0.1, 0.15) is 28.9 Å². The molecule has 1 aliphatic rings. The number of rotatable bonds is 4. The molecule has 0 aromatic carbocycles. The normalized spacial score (nSPS) is 16.7. The Morgan fingerprint density at radius 3 is 2.62 bits per heavy atom. The largest absolute Gasteiger partial charge is 0.477 e. The van der Waals surface area contributed by atoms with Gasteiger partial charge in [-0.25, -0.2) is 4.98 Å². The molecule has 1 amide bonds. The number of aromatic nitrogens is 1. The Morgan fingerprint density at radius 2 is 2.05 bits per heavy atom. The minimum absolute atomic E-state index is 0.157. The zero-order valence-electron chi connectivity index (χ0n) is 11.2. The van der Waals surface area contributed by atoms with Crippen LogP contribution in [-0.2, 0) is 10.9 Å². The highest BCUT2D eigenvalue weighted by molar-refractivity contribution is 5.95. The molecule has 0 saturated carbocycles. The third-order valence-electron chi connectivity index (χ3n) is 3.21. The van der Waals surface area contributed by atoms with Crippen molar-refractivity contribution in [3.05, 3.63) is 23.4 Å². The number of amides is 1. The number of nitrogens with zero attached hydrogens (tertiary/aromatic N) is 1. The molecule has 0 aliphatic carbocycles. The van der Waals surface area contributed by atoms with E-state index in [-0.39, 0.29) is 24.0 Å². The summed E-state index contributed by atoms with van der Waals surface area (Å²) in [7, 11) is 0. The summed E-state index contributed by atoms with van der Waals surface area (Å²) >= 11 is 0. The standard InChI is InChI=1S/C13H15F3N2O3/c14-13(15,16)10-2-1-9(11(17)19)12(18-10)21-7-8-3-5-20-6-4-8/h1-2,8H,3-7H2,(H2,17,19). The molecule has 0 bridgehead atoms. The molecule has 0 spiro atoms. The average Bonchev–Trinajstić information content (AvgIpc) is 2.45. The molecule has 0 unspecified atom stereocenters. The van der Waals surface area contributed by atoms with E-state index < -0.39 is 17.8 Å². The Labute approximate surface area is 119 Å². The van der Waals surface area contributed by atoms with Gasteiger partial charge in [0.15, 0.2) is 0 Å². The summed E-state index contributed by atoms with van der Waals surface area (Å²) in [5.74, 6) is -1.09. The van der Waals surface area contributed by atoms with Crippen LogP contribution >= 0.6 is 0 Å². The van der Waals surface area contributed by atoms with Crippen LogP contribution in [-0.4, -0.2) is 30.7 Å². The second-order valence-corrected chi connectivity index (χ2v) is 4.78. The number of pyridine rings is 1. The maximum absolute atomic E-state index is 12.6. The molecule has 0 radical (unpaired) electrons. The molecular formula is C13H15F3N2O3. The number of hydrogen-bond donors (Lipinski definition) is 1. The molecule has 1 saturated heterocycles. The summed E-state index contributed by atoms with van der Waals surface area (Å²) < 4.78 is 48.4. The Morgan fingerprint density at radius 1 is 1.38 bits per heavy atom. The SMILES string of the molecule is NC(=O)c1ccc(C(F)(F)F)nc1OCC1CCOCC1. The van der Waals surface area contributed by atoms with E-state index in [1.54, 1.807) is 0 Å². The van der Waals surface area contributed by atoms with Crippen LogP contribution in [0, 0.1) is 5.92 Å². The lowest BCUT2D eigenvalue weighted by atomic mass is 10.0. The molecule has 0 atom stereocenters. The van der Waals surface area contributed by atoms with Crippen LogP contribution in [0.4, 0.5) is 13.2 Å². The summed E-state index contributed by atoms with van der Waals surface area (Å²) in [4.78, 5) is 14.6. The van der Waals surface area contributed by atoms with E-state index in [9.17, 15) is 18.0 Å². The van der Waals surface area contributed by atoms with Crippen molar-refractivity contribution in [1.82, 2.24) is 4.98 Å². The fourth-order valence-corrected chi connectivity index (χ4v) is 2.01. The third-order valence-corrected chi connectivity index (χ3v) is 3.21. The lowest BCUT2D eigenvalue weighted by Crippen LogP contribution is -2.23. The molecule has 1 fully saturated rings. The number of halogens is 3. The lowest BCUT2D eigenvalue weighted by molar-refractivity contribution is -0.141. The van der Waals surface area contributed by atoms with Gasteiger partial charge >= 0.3 is 6.18 Å². The first-order valence-electron chi connectivity index (χ1n) is 6.46. The molecule has 1 aliphatic heterocycles. The summed E-state index contributed by atoms with van der Waals surface area (Å²) in [5, 5.41) is 0. The molecule has 21 heavy (non-hydrogen) atoms. The molecule has 1 aromatic rings. The summed E-state index contributed by atoms with van der Waals surface area (Å²) in [6.45, 7) is 1.36. The van der Waals surface area contributed by atoms with Gasteiger partial charge in [-0.15, -0.1) is 0 Å². The van der Waals surface area contributed by atoms with Crippen molar-refractivity contribution in [1.29, 1.82) is 0 Å². The Kier molecular flexibility index (Phi) is 4.66. The number of nitrogens with two attached hydrogens (primary N) is 1. The smallest absolute Gasteiger partial charge is 0.433 e. The highest BCUT2D eigenvalue weighted by atomic mass is 19.4. The van der Waals surface area contributed by atoms with Crippen LogP contribution in [0.15, 0.2) is 12.1 Å². The maximum Gasteiger partial charge on any atom is 0.433 e. The maximum atomic E-state index is 12.6. The second kappa shape index (κ2) is 6.30. The average molecular weight is 304 g/mol. The van der Waals surface area contributed by atoms with Crippen LogP contribution in [0.5, 0.6) is 5.88 Å². The first-order chi connectivity index (χ1) is 9.88. The minimum Gasteiger partial charge on any atom is -0.477 e. The van der Waals surface area contributed by atoms with Crippen LogP contribution in [0.2, 0.25) is 0 Å². The number of hydrogen-bond acceptors (Lipinski definition) is 4. The first kappa shape index (κ1) is 15.6. The predicted molar refractivity (Wildman–Crippen MR) is 66.8 cm³/mol. The summed E-state index contributed by atoms with van der Waals surface area (Å²) in [6, 6.07) is 1.69. The van der Waals surface area contributed by atoms with E-state index in [4.69, 9.17) is 15.2 Å². The topological polar surface area (TPSA) is 74.4 Å². The van der Waals surface area contributed by atoms with E-state index in [2.05, 4.69) is 4.98 Å². The van der Waals surface area contributed by atoms with E-state index >= 15 is 0 Å². The highest BCUT2D eigenvalue weighted by Crippen LogP contribution is 2.30. The first-order valence-corrected chi connectivity index (χ1v) is 6.46. The molecule has 8 heteroatoms. The molecule has 116 valence electrons. The van der Waals surface area contributed by atoms with Gasteiger partial charge in [0.2, 0.25) is 5.88 Å². The van der Waals surface area contributed by atoms with Crippen LogP contribution in [0.3, 0.4) is 0 Å². The van der Waals surface area contributed by atoms with Crippen molar-refractivity contribution >= 4 is 5.91 Å². The van der Waals surface area contributed by atoms with Crippen molar-refractivity contribution < 1.29 is 27.4 Å². The van der Waals surface area contributed by atoms with Gasteiger partial charge in [0.05, 0.1) is 6.61 Å². The Bertz CT molecular complexity index is 514. The molecule has 5 nitrogen and oxygen atoms in total. The van der Waals surface area contributed by atoms with Crippen molar-refractivity contribution in [2.45, 2.75) is 19.0 Å². The minimum atomic E-state index is -4.60. The van der Waals surface area contributed by atoms with Gasteiger partial charge in [0.25, 0.3) is 5.91 Å². The van der Waals surface area contributed by atoms with Gasteiger partial charge in [-0.05, 0) is 30.9 Å². The number of primary amides is 1. The van der Waals surface area contributed by atoms with Crippen LogP contribution in [0.25, 0.3) is 0 Å². The number of ether oxygens (including phenoxy) is 2. The fraction of sp³-hybridized carbons (Fsp3) is 0.538. The van der Waals surface area contributed by atoms with Gasteiger partial charge in [0, 0.05) is 13.2 Å². The Balaban J connectivity index is 2.16. The molecule has 2 N–H and O–H groups in total. The second-order valence-electron chi connectivity index (χ2n) is 4.78. The number of alkyl halides is 3. The summed E-state index contributed by atoms with van der Waals surface area (Å²) in [6.07, 6.45) is -3.09. The van der Waals surface area contributed by atoms with Gasteiger partial charge in [-0.2, -0.15) is 13.2 Å². The summed E-state index contributed by atoms with van der Waals surface area (Å²) in [5.41, 5.74) is 3.85. The van der Waals surface area contributed by atoms with Crippen LogP contribution < -0.4 is 10.5 Å². The zero-order valence-corrected chi connectivity index (χ0v) is 11.2. The van der Waals surface area contributed by atoms with E-state index in [0.717, 1.165) is 18.9 Å². The van der Waals surface area contributed by atoms with Gasteiger partial charge in [-0.1, -0.05) is 0 Å². The van der Waals surface area contributed by atoms with E-state index in [0.29, 0.717) is 19.3 Å². The van der Waals surface area contributed by atoms with Gasteiger partial charge in [0.1, 0.15) is 11.3 Å². The lowest BCUT2D eigenvalue weighted by Gasteiger charge is -2.22. The van der Waals surface area contributed by atoms with Gasteiger partial charge < -0.3 is 15.2 Å². The Hall–Kier alpha value is -1.83. The number of carbonyl (C=O) groups excluding carboxylic acids is 1. The van der Waals surface area contributed by atoms with Gasteiger partial charge in [-0.3, -0.25) is 4.79 Å². The molecular weight excluding hydrogens is 289 g/mol. The third kappa shape index (κ3) is 4.07. The van der Waals surface area contributed by atoms with Crippen molar-refractivity contribution in [3.63, 3.8) is 0 Å². The molecule has 2 rings (SSSR count). The predicted octanol–water partition coefficient (Wildman–Crippen LogP) is 2.00. The van der Waals surface area contributed by atoms with E-state index in [1.165, 1.54) is 0 Å². The van der Waals surface area contributed by atoms with E-state index in [1.807, 2.05) is 0 Å². The quantitative estimate of drug-likeness (QED) is 0.923. The highest BCUT2D eigenvalue weighted by Gasteiger charge is 2.34. The van der Waals surface area contributed by atoms with Crippen molar-refractivity contribution in [2.24, 2.45) is 11.7 Å². The zero-order chi connectivity index (χ0) is 15.5. The fourth-order valence-electron chi connectivity index (χ4n) is 2.01. The van der Waals surface area contributed by atoms with Crippen molar-refractivity contribution in [2.75, 3.05) is 19.8 Å². The molecule has 2 heterocycles. The number of carbonyl (C=O) groups is 1. The monoisotopic (exact) mass is 304 g/mol. The van der Waals surface area contributed by atoms with Crippen molar-refractivity contribution in [3.8, 4) is 5.88 Å².